The minimum absolute atomic E-state index is 0.308. The van der Waals surface area contributed by atoms with Crippen LogP contribution in [0.3, 0.4) is 0 Å². The summed E-state index contributed by atoms with van der Waals surface area (Å²) in [6.07, 6.45) is 2.76. The van der Waals surface area contributed by atoms with Crippen LogP contribution in [0, 0.1) is 0 Å². The summed E-state index contributed by atoms with van der Waals surface area (Å²) >= 11 is 0. The van der Waals surface area contributed by atoms with E-state index in [9.17, 15) is 8.42 Å². The van der Waals surface area contributed by atoms with Crippen LogP contribution < -0.4 is 0 Å². The molecule has 0 aromatic rings. The molecule has 3 fully saturated rings. The van der Waals surface area contributed by atoms with Gasteiger partial charge in [0.25, 0.3) is 0 Å². The van der Waals surface area contributed by atoms with Gasteiger partial charge in [0, 0.05) is 26.2 Å². The molecule has 6 nitrogen and oxygen atoms in total. The van der Waals surface area contributed by atoms with E-state index in [1.807, 2.05) is 0 Å². The Kier molecular flexibility index (Phi) is 3.83. The number of rotatable bonds is 2. The van der Waals surface area contributed by atoms with Crippen LogP contribution >= 0.6 is 0 Å². The SMILES string of the molecule is O=S(=O)(C1CCOCC1)N1CCCC2(C1)OCCO2. The Morgan fingerprint density at radius 2 is 1.74 bits per heavy atom. The van der Waals surface area contributed by atoms with E-state index in [1.165, 1.54) is 0 Å². The van der Waals surface area contributed by atoms with Gasteiger partial charge in [0.2, 0.25) is 10.0 Å². The highest BCUT2D eigenvalue weighted by molar-refractivity contribution is 7.89. The van der Waals surface area contributed by atoms with Crippen LogP contribution in [0.25, 0.3) is 0 Å². The third-order valence-corrected chi connectivity index (χ3v) is 6.49. The third-order valence-electron chi connectivity index (χ3n) is 4.15. The lowest BCUT2D eigenvalue weighted by Gasteiger charge is -2.39. The van der Waals surface area contributed by atoms with E-state index in [0.29, 0.717) is 52.4 Å². The molecule has 110 valence electrons. The van der Waals surface area contributed by atoms with Crippen molar-refractivity contribution in [1.82, 2.24) is 4.31 Å². The Hall–Kier alpha value is -0.210. The van der Waals surface area contributed by atoms with E-state index in [1.54, 1.807) is 4.31 Å². The van der Waals surface area contributed by atoms with Gasteiger partial charge >= 0.3 is 0 Å². The molecule has 3 heterocycles. The van der Waals surface area contributed by atoms with Crippen LogP contribution in [0.1, 0.15) is 25.7 Å². The summed E-state index contributed by atoms with van der Waals surface area (Å²) in [5.41, 5.74) is 0. The van der Waals surface area contributed by atoms with Crippen molar-refractivity contribution in [3.63, 3.8) is 0 Å². The number of hydrogen-bond donors (Lipinski definition) is 0. The van der Waals surface area contributed by atoms with Gasteiger partial charge in [-0.1, -0.05) is 0 Å². The maximum Gasteiger partial charge on any atom is 0.217 e. The first kappa shape index (κ1) is 13.8. The van der Waals surface area contributed by atoms with E-state index in [2.05, 4.69) is 0 Å². The molecule has 19 heavy (non-hydrogen) atoms. The molecule has 0 saturated carbocycles. The molecule has 0 aliphatic carbocycles. The molecule has 3 saturated heterocycles. The monoisotopic (exact) mass is 291 g/mol. The van der Waals surface area contributed by atoms with E-state index in [-0.39, 0.29) is 5.25 Å². The predicted molar refractivity (Wildman–Crippen MR) is 68.2 cm³/mol. The summed E-state index contributed by atoms with van der Waals surface area (Å²) in [7, 11) is -3.26. The van der Waals surface area contributed by atoms with Crippen molar-refractivity contribution < 1.29 is 22.6 Å². The Balaban J connectivity index is 1.73. The average molecular weight is 291 g/mol. The van der Waals surface area contributed by atoms with Gasteiger partial charge in [0.05, 0.1) is 25.0 Å². The Morgan fingerprint density at radius 3 is 2.42 bits per heavy atom. The van der Waals surface area contributed by atoms with Crippen molar-refractivity contribution in [2.24, 2.45) is 0 Å². The fourth-order valence-electron chi connectivity index (χ4n) is 3.09. The molecular formula is C12H21NO5S. The van der Waals surface area contributed by atoms with Gasteiger partial charge in [-0.15, -0.1) is 0 Å². The first-order chi connectivity index (χ1) is 9.12. The van der Waals surface area contributed by atoms with Crippen LogP contribution in [0.15, 0.2) is 0 Å². The van der Waals surface area contributed by atoms with Gasteiger partial charge in [0.1, 0.15) is 0 Å². The van der Waals surface area contributed by atoms with Gasteiger partial charge in [-0.05, 0) is 19.3 Å². The highest BCUT2D eigenvalue weighted by atomic mass is 32.2. The maximum absolute atomic E-state index is 12.6. The number of nitrogens with zero attached hydrogens (tertiary/aromatic N) is 1. The van der Waals surface area contributed by atoms with Gasteiger partial charge in [-0.3, -0.25) is 0 Å². The van der Waals surface area contributed by atoms with Crippen LogP contribution in [0.4, 0.5) is 0 Å². The number of ether oxygens (including phenoxy) is 3. The van der Waals surface area contributed by atoms with Crippen molar-refractivity contribution >= 4 is 10.0 Å². The van der Waals surface area contributed by atoms with Crippen molar-refractivity contribution in [1.29, 1.82) is 0 Å². The zero-order valence-corrected chi connectivity index (χ0v) is 11.9. The normalized spacial score (nSPS) is 29.9. The number of hydrogen-bond acceptors (Lipinski definition) is 5. The minimum Gasteiger partial charge on any atom is -0.381 e. The van der Waals surface area contributed by atoms with Gasteiger partial charge in [-0.2, -0.15) is 4.31 Å². The van der Waals surface area contributed by atoms with E-state index in [0.717, 1.165) is 12.8 Å². The van der Waals surface area contributed by atoms with Crippen LogP contribution in [0.5, 0.6) is 0 Å². The van der Waals surface area contributed by atoms with E-state index in [4.69, 9.17) is 14.2 Å². The lowest BCUT2D eigenvalue weighted by atomic mass is 10.1. The molecule has 0 unspecified atom stereocenters. The smallest absolute Gasteiger partial charge is 0.217 e. The first-order valence-electron chi connectivity index (χ1n) is 6.97. The second kappa shape index (κ2) is 5.29. The van der Waals surface area contributed by atoms with Crippen LogP contribution in [-0.4, -0.2) is 63.3 Å². The zero-order valence-electron chi connectivity index (χ0n) is 11.0. The maximum atomic E-state index is 12.6. The molecule has 3 rings (SSSR count). The van der Waals surface area contributed by atoms with Gasteiger partial charge in [0.15, 0.2) is 5.79 Å². The van der Waals surface area contributed by atoms with Crippen LogP contribution in [-0.2, 0) is 24.2 Å². The fraction of sp³-hybridized carbons (Fsp3) is 1.00. The Bertz CT molecular complexity index is 412. The lowest BCUT2D eigenvalue weighted by molar-refractivity contribution is -0.179. The molecule has 0 bridgehead atoms. The summed E-state index contributed by atoms with van der Waals surface area (Å²) < 4.78 is 43.4. The van der Waals surface area contributed by atoms with E-state index >= 15 is 0 Å². The van der Waals surface area contributed by atoms with Gasteiger partial charge in [-0.25, -0.2) is 8.42 Å². The fourth-order valence-corrected chi connectivity index (χ4v) is 5.06. The molecule has 0 atom stereocenters. The molecule has 3 aliphatic heterocycles. The summed E-state index contributed by atoms with van der Waals surface area (Å²) in [4.78, 5) is 0. The highest BCUT2D eigenvalue weighted by Crippen LogP contribution is 2.33. The number of sulfonamides is 1. The lowest BCUT2D eigenvalue weighted by Crippen LogP contribution is -2.53. The summed E-state index contributed by atoms with van der Waals surface area (Å²) in [5.74, 6) is -0.684. The molecule has 0 N–H and O–H groups in total. The molecule has 7 heteroatoms. The Morgan fingerprint density at radius 1 is 1.05 bits per heavy atom. The molecule has 0 aromatic heterocycles. The van der Waals surface area contributed by atoms with Crippen molar-refractivity contribution in [2.45, 2.75) is 36.7 Å². The van der Waals surface area contributed by atoms with Crippen molar-refractivity contribution in [2.75, 3.05) is 39.5 Å². The number of piperidine rings is 1. The summed E-state index contributed by atoms with van der Waals surface area (Å²) in [6.45, 7) is 3.11. The largest absolute Gasteiger partial charge is 0.381 e. The minimum atomic E-state index is -3.26. The third kappa shape index (κ3) is 2.67. The topological polar surface area (TPSA) is 65.1 Å². The molecule has 0 radical (unpaired) electrons. The zero-order chi connectivity index (χ0) is 13.3. The van der Waals surface area contributed by atoms with Crippen LogP contribution in [0.2, 0.25) is 0 Å². The molecule has 1 spiro atoms. The second-order valence-corrected chi connectivity index (χ2v) is 7.61. The standard InChI is InChI=1S/C12H21NO5S/c14-19(15,11-2-6-16-7-3-11)13-5-1-4-12(10-13)17-8-9-18-12/h11H,1-10H2. The Labute approximate surface area is 114 Å². The predicted octanol–water partition coefficient (Wildman–Crippen LogP) is 0.334. The molecule has 0 amide bonds. The first-order valence-corrected chi connectivity index (χ1v) is 8.47. The quantitative estimate of drug-likeness (QED) is 0.734. The second-order valence-electron chi connectivity index (χ2n) is 5.40. The van der Waals surface area contributed by atoms with Crippen molar-refractivity contribution in [3.05, 3.63) is 0 Å². The van der Waals surface area contributed by atoms with E-state index < -0.39 is 15.8 Å². The van der Waals surface area contributed by atoms with Gasteiger partial charge < -0.3 is 14.2 Å². The van der Waals surface area contributed by atoms with Crippen molar-refractivity contribution in [3.8, 4) is 0 Å². The summed E-state index contributed by atoms with van der Waals surface area (Å²) in [5, 5.41) is -0.308. The molecule has 3 aliphatic rings. The molecular weight excluding hydrogens is 270 g/mol. The summed E-state index contributed by atoms with van der Waals surface area (Å²) in [6, 6.07) is 0. The highest BCUT2D eigenvalue weighted by Gasteiger charge is 2.45. The average Bonchev–Trinajstić information content (AvgIpc) is 2.88. The molecule has 0 aromatic carbocycles.